The molecule has 0 atom stereocenters. The van der Waals surface area contributed by atoms with E-state index in [9.17, 15) is 0 Å². The summed E-state index contributed by atoms with van der Waals surface area (Å²) >= 11 is 0. The maximum atomic E-state index is 8.35. The Morgan fingerprint density at radius 1 is 1.27 bits per heavy atom. The molecule has 0 rings (SSSR count). The van der Waals surface area contributed by atoms with E-state index in [4.69, 9.17) is 2.74 Å². The van der Waals surface area contributed by atoms with E-state index in [1.807, 2.05) is 46.6 Å². The van der Waals surface area contributed by atoms with Gasteiger partial charge in [0.15, 0.2) is 0 Å². The van der Waals surface area contributed by atoms with Gasteiger partial charge >= 0.3 is 0 Å². The van der Waals surface area contributed by atoms with Crippen molar-refractivity contribution in [2.45, 2.75) is 66.9 Å². The van der Waals surface area contributed by atoms with Gasteiger partial charge in [-0.25, -0.2) is 0 Å². The van der Waals surface area contributed by atoms with Crippen molar-refractivity contribution in [3.05, 3.63) is 0 Å². The zero-order chi connectivity index (χ0) is 14.0. The molecule has 0 bridgehead atoms. The second kappa shape index (κ2) is 5.53. The monoisotopic (exact) mass is 214 g/mol. The van der Waals surface area contributed by atoms with E-state index in [2.05, 4.69) is 18.8 Å². The van der Waals surface area contributed by atoms with Gasteiger partial charge in [-0.15, -0.1) is 0 Å². The summed E-state index contributed by atoms with van der Waals surface area (Å²) in [6.45, 7) is 13.8. The molecule has 0 aliphatic heterocycles. The standard InChI is InChI=1S/C13H28N2/c1-10(2)14-12(9-13(5,6)7)15(8)11(3)4/h10-11H,9H2,1-8H3/i9D2. The lowest BCUT2D eigenvalue weighted by Gasteiger charge is -2.30. The van der Waals surface area contributed by atoms with Gasteiger partial charge in [0.1, 0.15) is 0 Å². The fraction of sp³-hybridized carbons (Fsp3) is 0.923. The van der Waals surface area contributed by atoms with E-state index in [-0.39, 0.29) is 12.1 Å². The first kappa shape index (κ1) is 11.0. The van der Waals surface area contributed by atoms with Crippen LogP contribution in [-0.4, -0.2) is 29.9 Å². The Morgan fingerprint density at radius 2 is 1.73 bits per heavy atom. The average molecular weight is 214 g/mol. The number of hydrogen-bond acceptors (Lipinski definition) is 1. The predicted molar refractivity (Wildman–Crippen MR) is 69.5 cm³/mol. The molecule has 15 heavy (non-hydrogen) atoms. The van der Waals surface area contributed by atoms with Gasteiger partial charge in [-0.05, 0) is 33.1 Å². The first-order valence-electron chi connectivity index (χ1n) is 6.72. The van der Waals surface area contributed by atoms with Crippen LogP contribution >= 0.6 is 0 Å². The lowest BCUT2D eigenvalue weighted by molar-refractivity contribution is 0.363. The van der Waals surface area contributed by atoms with Crippen molar-refractivity contribution >= 4 is 5.84 Å². The highest BCUT2D eigenvalue weighted by molar-refractivity contribution is 5.83. The van der Waals surface area contributed by atoms with Crippen LogP contribution in [0.5, 0.6) is 0 Å². The third kappa shape index (κ3) is 6.53. The SMILES string of the molecule is [2H]C([2H])(C(=NC(C)C)N(C)C(C)C)C(C)(C)C. The summed E-state index contributed by atoms with van der Waals surface area (Å²) in [4.78, 5) is 6.44. The Morgan fingerprint density at radius 3 is 2.00 bits per heavy atom. The van der Waals surface area contributed by atoms with Crippen LogP contribution < -0.4 is 0 Å². The second-order valence-electron chi connectivity index (χ2n) is 5.63. The molecule has 0 radical (unpaired) electrons. The highest BCUT2D eigenvalue weighted by Gasteiger charge is 2.18. The zero-order valence-electron chi connectivity index (χ0n) is 13.5. The molecule has 0 fully saturated rings. The number of hydrogen-bond donors (Lipinski definition) is 0. The topological polar surface area (TPSA) is 15.6 Å². The number of rotatable bonds is 3. The van der Waals surface area contributed by atoms with E-state index in [1.54, 1.807) is 0 Å². The lowest BCUT2D eigenvalue weighted by atomic mass is 9.91. The first-order valence-corrected chi connectivity index (χ1v) is 5.72. The van der Waals surface area contributed by atoms with Gasteiger partial charge in [-0.3, -0.25) is 4.99 Å². The average Bonchev–Trinajstić information content (AvgIpc) is 2.10. The lowest BCUT2D eigenvalue weighted by Crippen LogP contribution is -2.36. The zero-order valence-corrected chi connectivity index (χ0v) is 11.5. The van der Waals surface area contributed by atoms with Gasteiger partial charge < -0.3 is 4.90 Å². The molecule has 0 saturated heterocycles. The molecule has 0 aromatic rings. The number of nitrogens with zero attached hydrogens (tertiary/aromatic N) is 2. The van der Waals surface area contributed by atoms with Gasteiger partial charge in [0, 0.05) is 28.2 Å². The number of amidine groups is 1. The molecule has 2 nitrogen and oxygen atoms in total. The molecule has 0 spiro atoms. The minimum Gasteiger partial charge on any atom is -0.361 e. The Labute approximate surface area is 98.6 Å². The summed E-state index contributed by atoms with van der Waals surface area (Å²) in [6.07, 6.45) is -1.43. The van der Waals surface area contributed by atoms with Crippen molar-refractivity contribution in [2.24, 2.45) is 10.4 Å². The summed E-state index contributed by atoms with van der Waals surface area (Å²) in [5.41, 5.74) is -0.468. The van der Waals surface area contributed by atoms with E-state index >= 15 is 0 Å². The largest absolute Gasteiger partial charge is 0.361 e. The van der Waals surface area contributed by atoms with Gasteiger partial charge in [0.2, 0.25) is 0 Å². The Kier molecular flexibility index (Phi) is 4.04. The van der Waals surface area contributed by atoms with E-state index < -0.39 is 11.8 Å². The fourth-order valence-electron chi connectivity index (χ4n) is 1.04. The predicted octanol–water partition coefficient (Wildman–Crippen LogP) is 3.57. The molecule has 0 aromatic heterocycles. The highest BCUT2D eigenvalue weighted by atomic mass is 15.2. The summed E-state index contributed by atoms with van der Waals surface area (Å²) in [7, 11) is 1.91. The van der Waals surface area contributed by atoms with E-state index in [0.29, 0.717) is 5.84 Å². The van der Waals surface area contributed by atoms with Crippen LogP contribution in [0.4, 0.5) is 0 Å². The summed E-state index contributed by atoms with van der Waals surface area (Å²) < 4.78 is 16.7. The molecule has 0 N–H and O–H groups in total. The summed E-state index contributed by atoms with van der Waals surface area (Å²) in [5, 5.41) is 0. The minimum absolute atomic E-state index is 0.101. The summed E-state index contributed by atoms with van der Waals surface area (Å²) in [5.74, 6) is 0.551. The molecule has 0 unspecified atom stereocenters. The highest BCUT2D eigenvalue weighted by Crippen LogP contribution is 2.21. The Balaban J connectivity index is 5.50. The van der Waals surface area contributed by atoms with Crippen LogP contribution in [0, 0.1) is 5.41 Å². The van der Waals surface area contributed by atoms with Crippen molar-refractivity contribution in [1.82, 2.24) is 4.90 Å². The van der Waals surface area contributed by atoms with Crippen LogP contribution in [-0.2, 0) is 0 Å². The van der Waals surface area contributed by atoms with Crippen molar-refractivity contribution in [3.63, 3.8) is 0 Å². The molecule has 2 heteroatoms. The molecule has 0 aliphatic rings. The van der Waals surface area contributed by atoms with Crippen LogP contribution in [0.25, 0.3) is 0 Å². The van der Waals surface area contributed by atoms with Crippen LogP contribution in [0.3, 0.4) is 0 Å². The van der Waals surface area contributed by atoms with Crippen molar-refractivity contribution in [2.75, 3.05) is 7.05 Å². The van der Waals surface area contributed by atoms with Crippen LogP contribution in [0.1, 0.15) is 57.6 Å². The van der Waals surface area contributed by atoms with Crippen molar-refractivity contribution in [3.8, 4) is 0 Å². The fourth-order valence-corrected chi connectivity index (χ4v) is 1.04. The van der Waals surface area contributed by atoms with Gasteiger partial charge in [0.25, 0.3) is 0 Å². The third-order valence-corrected chi connectivity index (χ3v) is 1.98. The minimum atomic E-state index is -1.43. The van der Waals surface area contributed by atoms with Crippen molar-refractivity contribution < 1.29 is 2.74 Å². The second-order valence-corrected chi connectivity index (χ2v) is 5.63. The number of aliphatic imine (C=N–C) groups is 1. The molecule has 0 saturated carbocycles. The maximum absolute atomic E-state index is 8.35. The maximum Gasteiger partial charge on any atom is 0.0997 e. The summed E-state index contributed by atoms with van der Waals surface area (Å²) in [6, 6.07) is 0.341. The molecule has 0 aliphatic carbocycles. The van der Waals surface area contributed by atoms with Gasteiger partial charge in [-0.2, -0.15) is 0 Å². The Hall–Kier alpha value is -0.530. The van der Waals surface area contributed by atoms with Gasteiger partial charge in [0.05, 0.1) is 5.84 Å². The quantitative estimate of drug-likeness (QED) is 0.518. The van der Waals surface area contributed by atoms with E-state index in [1.165, 1.54) is 0 Å². The first-order chi connectivity index (χ1) is 7.41. The molecular weight excluding hydrogens is 184 g/mol. The molecule has 0 aromatic carbocycles. The van der Waals surface area contributed by atoms with Crippen molar-refractivity contribution in [1.29, 1.82) is 0 Å². The molecule has 90 valence electrons. The molecular formula is C13H28N2. The van der Waals surface area contributed by atoms with E-state index in [0.717, 1.165) is 0 Å². The normalized spacial score (nSPS) is 16.8. The third-order valence-electron chi connectivity index (χ3n) is 1.98. The molecule has 0 amide bonds. The van der Waals surface area contributed by atoms with Crippen LogP contribution in [0.2, 0.25) is 0 Å². The Bertz CT molecular complexity index is 276. The van der Waals surface area contributed by atoms with Crippen LogP contribution in [0.15, 0.2) is 4.99 Å². The smallest absolute Gasteiger partial charge is 0.0997 e. The molecule has 0 heterocycles. The van der Waals surface area contributed by atoms with Gasteiger partial charge in [-0.1, -0.05) is 20.8 Å².